The molecule has 10 heteroatoms. The number of ether oxygens (including phenoxy) is 2. The van der Waals surface area contributed by atoms with Gasteiger partial charge in [-0.2, -0.15) is 0 Å². The molecule has 156 valence electrons. The fraction of sp³-hybridized carbons (Fsp3) is 0.150. The van der Waals surface area contributed by atoms with Gasteiger partial charge in [-0.3, -0.25) is 19.7 Å². The smallest absolute Gasteiger partial charge is 0.322 e. The van der Waals surface area contributed by atoms with Crippen LogP contribution in [0.15, 0.2) is 41.3 Å². The minimum absolute atomic E-state index is 0.0919. The fourth-order valence-corrected chi connectivity index (χ4v) is 3.29. The second-order valence-corrected chi connectivity index (χ2v) is 7.25. The first-order chi connectivity index (χ1) is 14.3. The van der Waals surface area contributed by atoms with Crippen molar-refractivity contribution >= 4 is 35.0 Å². The Morgan fingerprint density at radius 1 is 1.17 bits per heavy atom. The third-order valence-electron chi connectivity index (χ3n) is 4.09. The van der Waals surface area contributed by atoms with Crippen LogP contribution < -0.4 is 15.8 Å². The number of nitrogens with one attached hydrogen (secondary N) is 1. The van der Waals surface area contributed by atoms with Crippen molar-refractivity contribution in [2.24, 2.45) is 5.73 Å². The minimum atomic E-state index is -0.953. The summed E-state index contributed by atoms with van der Waals surface area (Å²) < 4.78 is 38.8. The number of benzene rings is 2. The van der Waals surface area contributed by atoms with Gasteiger partial charge in [-0.25, -0.2) is 8.78 Å². The average molecular weight is 434 g/mol. The Balaban J connectivity index is 1.73. The van der Waals surface area contributed by atoms with Gasteiger partial charge in [0.15, 0.2) is 0 Å². The fourth-order valence-electron chi connectivity index (χ4n) is 2.63. The first kappa shape index (κ1) is 21.5. The van der Waals surface area contributed by atoms with Gasteiger partial charge >= 0.3 is 5.97 Å². The first-order valence-electron chi connectivity index (χ1n) is 8.61. The number of methoxy groups -OCH3 is 1. The Bertz CT molecular complexity index is 1020. The van der Waals surface area contributed by atoms with Gasteiger partial charge in [0, 0.05) is 17.7 Å². The van der Waals surface area contributed by atoms with E-state index in [-0.39, 0.29) is 17.1 Å². The van der Waals surface area contributed by atoms with Crippen LogP contribution in [0, 0.1) is 11.6 Å². The van der Waals surface area contributed by atoms with E-state index in [0.29, 0.717) is 17.5 Å². The van der Waals surface area contributed by atoms with Crippen molar-refractivity contribution < 1.29 is 32.6 Å². The summed E-state index contributed by atoms with van der Waals surface area (Å²) in [6.07, 6.45) is 1.23. The average Bonchev–Trinajstić information content (AvgIpc) is 3.02. The molecular formula is C20H16F2N2O5S. The van der Waals surface area contributed by atoms with Gasteiger partial charge in [-0.05, 0) is 42.0 Å². The SMILES string of the molecule is COC(=O)C(N)Cc1ccc(Oc2cc(F)c(/C=C3\SC(=O)NC3=O)c(F)c2)cc1. The maximum Gasteiger partial charge on any atom is 0.322 e. The molecule has 2 amide bonds. The molecule has 1 atom stereocenters. The number of nitrogens with two attached hydrogens (primary N) is 1. The Morgan fingerprint density at radius 2 is 1.80 bits per heavy atom. The van der Waals surface area contributed by atoms with Gasteiger partial charge in [0.1, 0.15) is 29.2 Å². The molecule has 7 nitrogen and oxygen atoms in total. The van der Waals surface area contributed by atoms with E-state index >= 15 is 0 Å². The molecule has 0 spiro atoms. The molecule has 2 aromatic carbocycles. The van der Waals surface area contributed by atoms with Gasteiger partial charge in [0.05, 0.1) is 12.0 Å². The molecule has 3 rings (SSSR count). The highest BCUT2D eigenvalue weighted by Gasteiger charge is 2.26. The largest absolute Gasteiger partial charge is 0.468 e. The van der Waals surface area contributed by atoms with E-state index in [1.54, 1.807) is 24.3 Å². The zero-order valence-electron chi connectivity index (χ0n) is 15.6. The number of hydrogen-bond acceptors (Lipinski definition) is 7. The number of esters is 1. The van der Waals surface area contributed by atoms with Crippen molar-refractivity contribution in [1.29, 1.82) is 0 Å². The molecule has 0 radical (unpaired) electrons. The number of carbonyl (C=O) groups is 3. The summed E-state index contributed by atoms with van der Waals surface area (Å²) in [5.41, 5.74) is 6.00. The normalized spacial score (nSPS) is 15.8. The predicted molar refractivity (Wildman–Crippen MR) is 106 cm³/mol. The van der Waals surface area contributed by atoms with Crippen LogP contribution in [-0.4, -0.2) is 30.3 Å². The number of hydrogen-bond donors (Lipinski definition) is 2. The van der Waals surface area contributed by atoms with Gasteiger partial charge in [-0.1, -0.05) is 12.1 Å². The molecule has 1 unspecified atom stereocenters. The lowest BCUT2D eigenvalue weighted by atomic mass is 10.1. The highest BCUT2D eigenvalue weighted by molar-refractivity contribution is 8.18. The molecule has 1 aliphatic heterocycles. The maximum atomic E-state index is 14.4. The second kappa shape index (κ2) is 9.06. The first-order valence-corrected chi connectivity index (χ1v) is 9.42. The van der Waals surface area contributed by atoms with Crippen LogP contribution in [0.2, 0.25) is 0 Å². The van der Waals surface area contributed by atoms with E-state index in [9.17, 15) is 23.2 Å². The Kier molecular flexibility index (Phi) is 6.48. The monoisotopic (exact) mass is 434 g/mol. The zero-order chi connectivity index (χ0) is 21.8. The van der Waals surface area contributed by atoms with Crippen LogP contribution in [-0.2, 0) is 20.7 Å². The topological polar surface area (TPSA) is 108 Å². The third kappa shape index (κ3) is 5.02. The predicted octanol–water partition coefficient (Wildman–Crippen LogP) is 3.12. The van der Waals surface area contributed by atoms with Crippen molar-refractivity contribution in [2.75, 3.05) is 7.11 Å². The maximum absolute atomic E-state index is 14.4. The van der Waals surface area contributed by atoms with Gasteiger partial charge < -0.3 is 15.2 Å². The van der Waals surface area contributed by atoms with E-state index in [4.69, 9.17) is 10.5 Å². The third-order valence-corrected chi connectivity index (χ3v) is 4.90. The van der Waals surface area contributed by atoms with Crippen molar-refractivity contribution in [3.8, 4) is 11.5 Å². The Morgan fingerprint density at radius 3 is 2.33 bits per heavy atom. The number of carbonyl (C=O) groups excluding carboxylic acids is 3. The molecule has 1 heterocycles. The summed E-state index contributed by atoms with van der Waals surface area (Å²) in [7, 11) is 1.25. The Hall–Kier alpha value is -3.24. The number of imide groups is 1. The van der Waals surface area contributed by atoms with Crippen LogP contribution in [0.3, 0.4) is 0 Å². The molecule has 1 aliphatic rings. The van der Waals surface area contributed by atoms with E-state index in [0.717, 1.165) is 23.8 Å². The van der Waals surface area contributed by atoms with Gasteiger partial charge in [0.25, 0.3) is 11.1 Å². The summed E-state index contributed by atoms with van der Waals surface area (Å²) in [6.45, 7) is 0. The molecule has 1 fully saturated rings. The molecule has 0 bridgehead atoms. The molecular weight excluding hydrogens is 418 g/mol. The summed E-state index contributed by atoms with van der Waals surface area (Å²) in [4.78, 5) is 34.0. The van der Waals surface area contributed by atoms with Crippen molar-refractivity contribution in [3.63, 3.8) is 0 Å². The molecule has 30 heavy (non-hydrogen) atoms. The van der Waals surface area contributed by atoms with Gasteiger partial charge in [-0.15, -0.1) is 0 Å². The van der Waals surface area contributed by atoms with Crippen molar-refractivity contribution in [3.05, 3.63) is 64.1 Å². The van der Waals surface area contributed by atoms with Crippen LogP contribution in [0.25, 0.3) is 6.08 Å². The highest BCUT2D eigenvalue weighted by atomic mass is 32.2. The van der Waals surface area contributed by atoms with Crippen molar-refractivity contribution in [2.45, 2.75) is 12.5 Å². The highest BCUT2D eigenvalue weighted by Crippen LogP contribution is 2.30. The standard InChI is InChI=1S/C20H16F2N2O5S/c1-28-19(26)16(23)6-10-2-4-11(5-3-10)29-12-7-14(21)13(15(22)8-12)9-17-18(25)24-20(27)30-17/h2-5,7-9,16H,6,23H2,1H3,(H,24,25,27)/b17-9-. The zero-order valence-corrected chi connectivity index (χ0v) is 16.4. The molecule has 1 saturated heterocycles. The lowest BCUT2D eigenvalue weighted by Crippen LogP contribution is -2.33. The van der Waals surface area contributed by atoms with E-state index in [1.807, 2.05) is 5.32 Å². The molecule has 0 aromatic heterocycles. The number of thioether (sulfide) groups is 1. The summed E-state index contributed by atoms with van der Waals surface area (Å²) in [5, 5.41) is 1.40. The van der Waals surface area contributed by atoms with Crippen molar-refractivity contribution in [1.82, 2.24) is 5.32 Å². The summed E-state index contributed by atoms with van der Waals surface area (Å²) >= 11 is 0.560. The van der Waals surface area contributed by atoms with Crippen LogP contribution in [0.4, 0.5) is 13.6 Å². The van der Waals surface area contributed by atoms with Gasteiger partial charge in [0.2, 0.25) is 0 Å². The summed E-state index contributed by atoms with van der Waals surface area (Å²) in [5.74, 6) is -2.93. The Labute approximate surface area is 174 Å². The van der Waals surface area contributed by atoms with Crippen LogP contribution in [0.1, 0.15) is 11.1 Å². The minimum Gasteiger partial charge on any atom is -0.468 e. The lowest BCUT2D eigenvalue weighted by molar-refractivity contribution is -0.142. The van der Waals surface area contributed by atoms with Crippen LogP contribution in [0.5, 0.6) is 11.5 Å². The quantitative estimate of drug-likeness (QED) is 0.531. The number of rotatable bonds is 6. The van der Waals surface area contributed by atoms with E-state index in [1.165, 1.54) is 7.11 Å². The lowest BCUT2D eigenvalue weighted by Gasteiger charge is -2.11. The molecule has 3 N–H and O–H groups in total. The molecule has 0 saturated carbocycles. The van der Waals surface area contributed by atoms with E-state index < -0.39 is 40.4 Å². The number of amides is 2. The second-order valence-electron chi connectivity index (χ2n) is 6.23. The summed E-state index contributed by atoms with van der Waals surface area (Å²) in [6, 6.07) is 7.59. The number of halogens is 2. The van der Waals surface area contributed by atoms with E-state index in [2.05, 4.69) is 4.74 Å². The van der Waals surface area contributed by atoms with Crippen LogP contribution >= 0.6 is 11.8 Å². The molecule has 2 aromatic rings. The molecule has 0 aliphatic carbocycles.